The molecule has 0 spiro atoms. The molecule has 32 heavy (non-hydrogen) atoms. The lowest BCUT2D eigenvalue weighted by molar-refractivity contribution is -0.128. The zero-order valence-corrected chi connectivity index (χ0v) is 21.9. The Labute approximate surface area is 209 Å². The van der Waals surface area contributed by atoms with E-state index in [9.17, 15) is 4.79 Å². The molecule has 1 heterocycles. The number of ether oxygens (including phenoxy) is 1. The van der Waals surface area contributed by atoms with Crippen LogP contribution in [0.5, 0.6) is 5.75 Å². The number of halogens is 1. The van der Waals surface area contributed by atoms with E-state index in [0.717, 1.165) is 31.2 Å². The minimum atomic E-state index is 0. The molecule has 1 amide bonds. The van der Waals surface area contributed by atoms with E-state index in [1.54, 1.807) is 7.05 Å². The highest BCUT2D eigenvalue weighted by atomic mass is 127. The molecule has 0 unspecified atom stereocenters. The van der Waals surface area contributed by atoms with E-state index in [1.807, 2.05) is 11.9 Å². The van der Waals surface area contributed by atoms with Gasteiger partial charge in [-0.25, -0.2) is 0 Å². The van der Waals surface area contributed by atoms with Crippen molar-refractivity contribution in [1.82, 2.24) is 15.1 Å². The zero-order chi connectivity index (χ0) is 22.2. The Morgan fingerprint density at radius 3 is 2.53 bits per heavy atom. The van der Waals surface area contributed by atoms with Crippen molar-refractivity contribution in [3.8, 4) is 5.75 Å². The summed E-state index contributed by atoms with van der Waals surface area (Å²) in [7, 11) is 3.80. The van der Waals surface area contributed by atoms with E-state index in [0.29, 0.717) is 26.1 Å². The minimum absolute atomic E-state index is 0. The number of hydrogen-bond donors (Lipinski definition) is 1. The van der Waals surface area contributed by atoms with Gasteiger partial charge in [-0.15, -0.1) is 24.0 Å². The molecule has 174 valence electrons. The fourth-order valence-corrected chi connectivity index (χ4v) is 3.92. The minimum Gasteiger partial charge on any atom is -0.492 e. The number of aryl methyl sites for hydroxylation is 2. The average Bonchev–Trinajstić information content (AvgIpc) is 3.12. The highest BCUT2D eigenvalue weighted by Crippen LogP contribution is 2.16. The summed E-state index contributed by atoms with van der Waals surface area (Å²) in [5.74, 6) is 1.99. The Kier molecular flexibility index (Phi) is 10.3. The largest absolute Gasteiger partial charge is 0.492 e. The summed E-state index contributed by atoms with van der Waals surface area (Å²) in [6, 6.07) is 14.7. The number of likely N-dealkylation sites (tertiary alicyclic amines) is 1. The van der Waals surface area contributed by atoms with Crippen LogP contribution in [0.2, 0.25) is 0 Å². The molecule has 1 N–H and O–H groups in total. The van der Waals surface area contributed by atoms with Gasteiger partial charge in [0.1, 0.15) is 12.4 Å². The molecular weight excluding hydrogens is 515 g/mol. The number of rotatable bonds is 8. The molecule has 2 aromatic rings. The first kappa shape index (κ1) is 26.0. The summed E-state index contributed by atoms with van der Waals surface area (Å²) in [6.45, 7) is 7.70. The van der Waals surface area contributed by atoms with E-state index in [1.165, 1.54) is 22.3 Å². The van der Waals surface area contributed by atoms with Crippen LogP contribution in [-0.4, -0.2) is 55.5 Å². The maximum Gasteiger partial charge on any atom is 0.222 e. The number of hydrogen-bond acceptors (Lipinski definition) is 3. The van der Waals surface area contributed by atoms with Crippen molar-refractivity contribution in [2.75, 3.05) is 33.8 Å². The van der Waals surface area contributed by atoms with Crippen molar-refractivity contribution in [2.24, 2.45) is 4.99 Å². The van der Waals surface area contributed by atoms with Crippen LogP contribution >= 0.6 is 24.0 Å². The van der Waals surface area contributed by atoms with Gasteiger partial charge in [-0.2, -0.15) is 0 Å². The van der Waals surface area contributed by atoms with Crippen LogP contribution in [-0.2, 0) is 17.9 Å². The van der Waals surface area contributed by atoms with Gasteiger partial charge in [-0.3, -0.25) is 9.79 Å². The summed E-state index contributed by atoms with van der Waals surface area (Å²) in [5, 5.41) is 3.42. The van der Waals surface area contributed by atoms with Crippen molar-refractivity contribution in [3.05, 3.63) is 64.7 Å². The van der Waals surface area contributed by atoms with Crippen LogP contribution in [0, 0.1) is 13.8 Å². The number of amides is 1. The molecule has 3 rings (SSSR count). The smallest absolute Gasteiger partial charge is 0.222 e. The molecule has 1 fully saturated rings. The van der Waals surface area contributed by atoms with Crippen LogP contribution in [0.4, 0.5) is 0 Å². The van der Waals surface area contributed by atoms with Crippen LogP contribution in [0.1, 0.15) is 35.1 Å². The van der Waals surface area contributed by atoms with E-state index >= 15 is 0 Å². The first-order chi connectivity index (χ1) is 14.9. The van der Waals surface area contributed by atoms with E-state index in [2.05, 4.69) is 71.5 Å². The van der Waals surface area contributed by atoms with Crippen molar-refractivity contribution >= 4 is 35.8 Å². The van der Waals surface area contributed by atoms with Crippen molar-refractivity contribution in [2.45, 2.75) is 39.8 Å². The van der Waals surface area contributed by atoms with Crippen molar-refractivity contribution in [1.29, 1.82) is 0 Å². The number of carbonyl (C=O) groups is 1. The third kappa shape index (κ3) is 7.69. The van der Waals surface area contributed by atoms with Gasteiger partial charge in [0.2, 0.25) is 5.91 Å². The van der Waals surface area contributed by atoms with Crippen molar-refractivity contribution < 1.29 is 9.53 Å². The fraction of sp³-hybridized carbons (Fsp3) is 0.440. The van der Waals surface area contributed by atoms with Crippen LogP contribution in [0.25, 0.3) is 0 Å². The number of benzene rings is 2. The first-order valence-electron chi connectivity index (χ1n) is 10.9. The number of carbonyl (C=O) groups excluding carboxylic acids is 1. The monoisotopic (exact) mass is 550 g/mol. The standard InChI is InChI=1S/C25H34N4O2.HI/c1-19-13-20(2)15-23(14-19)31-12-11-28(4)25(26-3)27-17-21-7-5-8-22(16-21)18-29-10-6-9-24(29)30;/h5,7-8,13-16H,6,9-12,17-18H2,1-4H3,(H,26,27);1H. The molecule has 2 aromatic carbocycles. The molecule has 0 aromatic heterocycles. The summed E-state index contributed by atoms with van der Waals surface area (Å²) in [6.07, 6.45) is 1.65. The summed E-state index contributed by atoms with van der Waals surface area (Å²) in [4.78, 5) is 20.3. The third-order valence-corrected chi connectivity index (χ3v) is 5.45. The Balaban J connectivity index is 0.00000363. The summed E-state index contributed by atoms with van der Waals surface area (Å²) in [5.41, 5.74) is 4.75. The van der Waals surface area contributed by atoms with Gasteiger partial charge in [0.15, 0.2) is 5.96 Å². The molecule has 1 aliphatic rings. The second kappa shape index (κ2) is 12.7. The predicted octanol–water partition coefficient (Wildman–Crippen LogP) is 4.13. The number of guanidine groups is 1. The lowest BCUT2D eigenvalue weighted by Crippen LogP contribution is -2.40. The van der Waals surface area contributed by atoms with Gasteiger partial charge in [0, 0.05) is 40.2 Å². The molecule has 1 aliphatic heterocycles. The van der Waals surface area contributed by atoms with E-state index in [4.69, 9.17) is 4.74 Å². The van der Waals surface area contributed by atoms with Gasteiger partial charge in [-0.05, 0) is 54.7 Å². The maximum absolute atomic E-state index is 11.9. The molecule has 0 saturated carbocycles. The highest BCUT2D eigenvalue weighted by molar-refractivity contribution is 14.0. The number of likely N-dealkylation sites (N-methyl/N-ethyl adjacent to an activating group) is 1. The fourth-order valence-electron chi connectivity index (χ4n) is 3.92. The number of nitrogens with zero attached hydrogens (tertiary/aromatic N) is 3. The zero-order valence-electron chi connectivity index (χ0n) is 19.6. The van der Waals surface area contributed by atoms with E-state index < -0.39 is 0 Å². The Morgan fingerprint density at radius 1 is 1.16 bits per heavy atom. The predicted molar refractivity (Wildman–Crippen MR) is 141 cm³/mol. The third-order valence-electron chi connectivity index (χ3n) is 5.45. The number of nitrogens with one attached hydrogen (secondary N) is 1. The van der Waals surface area contributed by atoms with Gasteiger partial charge in [0.25, 0.3) is 0 Å². The van der Waals surface area contributed by atoms with Gasteiger partial charge < -0.3 is 19.9 Å². The normalized spacial score (nSPS) is 13.7. The van der Waals surface area contributed by atoms with Crippen LogP contribution in [0.3, 0.4) is 0 Å². The molecule has 0 radical (unpaired) electrons. The molecule has 6 nitrogen and oxygen atoms in total. The SMILES string of the molecule is CN=C(NCc1cccc(CN2CCCC2=O)c1)N(C)CCOc1cc(C)cc(C)c1.I. The lowest BCUT2D eigenvalue weighted by Gasteiger charge is -2.22. The van der Waals surface area contributed by atoms with Crippen LogP contribution in [0.15, 0.2) is 47.5 Å². The molecule has 0 atom stereocenters. The molecular formula is C25H35IN4O2. The molecule has 1 saturated heterocycles. The highest BCUT2D eigenvalue weighted by Gasteiger charge is 2.19. The first-order valence-corrected chi connectivity index (χ1v) is 10.9. The van der Waals surface area contributed by atoms with Gasteiger partial charge in [-0.1, -0.05) is 30.3 Å². The topological polar surface area (TPSA) is 57.2 Å². The summed E-state index contributed by atoms with van der Waals surface area (Å²) >= 11 is 0. The summed E-state index contributed by atoms with van der Waals surface area (Å²) < 4.78 is 5.93. The second-order valence-corrected chi connectivity index (χ2v) is 8.23. The average molecular weight is 550 g/mol. The van der Waals surface area contributed by atoms with Gasteiger partial charge in [0.05, 0.1) is 6.54 Å². The lowest BCUT2D eigenvalue weighted by atomic mass is 10.1. The Hall–Kier alpha value is -2.29. The Morgan fingerprint density at radius 2 is 1.88 bits per heavy atom. The molecule has 0 aliphatic carbocycles. The molecule has 0 bridgehead atoms. The molecule has 7 heteroatoms. The Bertz CT molecular complexity index is 912. The van der Waals surface area contributed by atoms with Crippen LogP contribution < -0.4 is 10.1 Å². The second-order valence-electron chi connectivity index (χ2n) is 8.23. The quantitative estimate of drug-likeness (QED) is 0.305. The number of aliphatic imine (C=N–C) groups is 1. The van der Waals surface area contributed by atoms with Gasteiger partial charge >= 0.3 is 0 Å². The maximum atomic E-state index is 11.9. The van der Waals surface area contributed by atoms with Crippen molar-refractivity contribution in [3.63, 3.8) is 0 Å². The van der Waals surface area contributed by atoms with E-state index in [-0.39, 0.29) is 29.9 Å².